The zero-order valence-corrected chi connectivity index (χ0v) is 10.7. The van der Waals surface area contributed by atoms with E-state index in [1.165, 1.54) is 0 Å². The third-order valence-electron chi connectivity index (χ3n) is 2.69. The molecule has 5 heteroatoms. The highest BCUT2D eigenvalue weighted by molar-refractivity contribution is 5.46. The average Bonchev–Trinajstić information content (AvgIpc) is 2.25. The minimum Gasteiger partial charge on any atom is -0.376 e. The summed E-state index contributed by atoms with van der Waals surface area (Å²) in [6.07, 6.45) is 1.68. The average molecular weight is 236 g/mol. The Balaban J connectivity index is 2.36. The lowest BCUT2D eigenvalue weighted by Crippen LogP contribution is -2.22. The number of nitrogens with one attached hydrogen (secondary N) is 1. The molecule has 1 aliphatic heterocycles. The molecule has 0 aliphatic carbocycles. The van der Waals surface area contributed by atoms with Crippen LogP contribution in [0.25, 0.3) is 0 Å². The van der Waals surface area contributed by atoms with Gasteiger partial charge in [-0.1, -0.05) is 20.8 Å². The summed E-state index contributed by atoms with van der Waals surface area (Å²) in [5.41, 5.74) is 4.89. The third kappa shape index (κ3) is 2.92. The number of nitrogens with two attached hydrogens (primary N) is 1. The molecule has 1 aromatic rings. The van der Waals surface area contributed by atoms with E-state index in [-0.39, 0.29) is 5.41 Å². The monoisotopic (exact) mass is 236 g/mol. The van der Waals surface area contributed by atoms with Crippen LogP contribution in [-0.2, 0) is 24.2 Å². The molecule has 0 amide bonds. The van der Waals surface area contributed by atoms with Crippen molar-refractivity contribution in [2.24, 2.45) is 11.3 Å². The summed E-state index contributed by atoms with van der Waals surface area (Å²) in [5, 5.41) is 0. The molecule has 1 aromatic heterocycles. The van der Waals surface area contributed by atoms with E-state index in [9.17, 15) is 0 Å². The standard InChI is InChI=1S/C12H20N4O/c1-12(2,3)6-10-14-9-4-5-17-7-8(9)11(15-10)16-13/h4-7,13H2,1-3H3,(H,14,15,16). The molecule has 0 spiro atoms. The van der Waals surface area contributed by atoms with Gasteiger partial charge in [-0.2, -0.15) is 0 Å². The summed E-state index contributed by atoms with van der Waals surface area (Å²) >= 11 is 0. The first kappa shape index (κ1) is 12.3. The molecular weight excluding hydrogens is 216 g/mol. The summed E-state index contributed by atoms with van der Waals surface area (Å²) in [5.74, 6) is 7.07. The van der Waals surface area contributed by atoms with Gasteiger partial charge in [0.05, 0.1) is 18.9 Å². The first-order valence-electron chi connectivity index (χ1n) is 5.92. The maximum absolute atomic E-state index is 5.51. The molecule has 0 saturated carbocycles. The minimum absolute atomic E-state index is 0.172. The van der Waals surface area contributed by atoms with Crippen molar-refractivity contribution in [1.29, 1.82) is 0 Å². The molecule has 0 atom stereocenters. The van der Waals surface area contributed by atoms with Gasteiger partial charge in [0.15, 0.2) is 0 Å². The number of anilines is 1. The van der Waals surface area contributed by atoms with Crippen LogP contribution in [-0.4, -0.2) is 16.6 Å². The van der Waals surface area contributed by atoms with Gasteiger partial charge < -0.3 is 10.2 Å². The van der Waals surface area contributed by atoms with Crippen LogP contribution < -0.4 is 11.3 Å². The summed E-state index contributed by atoms with van der Waals surface area (Å²) in [6.45, 7) is 7.80. The molecule has 94 valence electrons. The fourth-order valence-electron chi connectivity index (χ4n) is 1.96. The lowest BCUT2D eigenvalue weighted by Gasteiger charge is -2.22. The van der Waals surface area contributed by atoms with Gasteiger partial charge in [-0.3, -0.25) is 0 Å². The van der Waals surface area contributed by atoms with Crippen LogP contribution >= 0.6 is 0 Å². The summed E-state index contributed by atoms with van der Waals surface area (Å²) in [7, 11) is 0. The summed E-state index contributed by atoms with van der Waals surface area (Å²) in [4.78, 5) is 9.08. The molecule has 3 N–H and O–H groups in total. The van der Waals surface area contributed by atoms with E-state index in [1.807, 2.05) is 0 Å². The Bertz CT molecular complexity index is 394. The quantitative estimate of drug-likeness (QED) is 0.600. The van der Waals surface area contributed by atoms with E-state index in [0.717, 1.165) is 36.5 Å². The highest BCUT2D eigenvalue weighted by Gasteiger charge is 2.20. The van der Waals surface area contributed by atoms with Crippen LogP contribution in [0.2, 0.25) is 0 Å². The number of hydrogen-bond donors (Lipinski definition) is 2. The number of fused-ring (bicyclic) bond motifs is 1. The van der Waals surface area contributed by atoms with Crippen LogP contribution in [0.1, 0.15) is 37.9 Å². The Morgan fingerprint density at radius 3 is 2.76 bits per heavy atom. The fourth-order valence-corrected chi connectivity index (χ4v) is 1.96. The van der Waals surface area contributed by atoms with E-state index < -0.39 is 0 Å². The number of aromatic nitrogens is 2. The molecule has 0 radical (unpaired) electrons. The predicted octanol–water partition coefficient (Wildman–Crippen LogP) is 1.42. The largest absolute Gasteiger partial charge is 0.376 e. The molecule has 1 aliphatic rings. The van der Waals surface area contributed by atoms with Crippen LogP contribution in [0, 0.1) is 5.41 Å². The van der Waals surface area contributed by atoms with Gasteiger partial charge in [-0.15, -0.1) is 0 Å². The number of rotatable bonds is 2. The van der Waals surface area contributed by atoms with Gasteiger partial charge in [-0.05, 0) is 5.41 Å². The Morgan fingerprint density at radius 1 is 1.35 bits per heavy atom. The van der Waals surface area contributed by atoms with Crippen LogP contribution in [0.4, 0.5) is 5.82 Å². The molecular formula is C12H20N4O. The Hall–Kier alpha value is -1.20. The summed E-state index contributed by atoms with van der Waals surface area (Å²) in [6, 6.07) is 0. The molecule has 2 rings (SSSR count). The second-order valence-electron chi connectivity index (χ2n) is 5.60. The smallest absolute Gasteiger partial charge is 0.149 e. The molecule has 0 fully saturated rings. The van der Waals surface area contributed by atoms with E-state index >= 15 is 0 Å². The van der Waals surface area contributed by atoms with Gasteiger partial charge in [0.1, 0.15) is 11.6 Å². The van der Waals surface area contributed by atoms with Crippen LogP contribution in [0.5, 0.6) is 0 Å². The highest BCUT2D eigenvalue weighted by atomic mass is 16.5. The van der Waals surface area contributed by atoms with Crippen LogP contribution in [0.3, 0.4) is 0 Å². The molecule has 0 saturated heterocycles. The molecule has 2 heterocycles. The van der Waals surface area contributed by atoms with Gasteiger partial charge in [0, 0.05) is 18.4 Å². The molecule has 5 nitrogen and oxygen atoms in total. The second-order valence-corrected chi connectivity index (χ2v) is 5.60. The normalized spacial score (nSPS) is 15.5. The number of hydrazine groups is 1. The van der Waals surface area contributed by atoms with Gasteiger partial charge in [-0.25, -0.2) is 15.8 Å². The number of nitrogens with zero attached hydrogens (tertiary/aromatic N) is 2. The third-order valence-corrected chi connectivity index (χ3v) is 2.69. The van der Waals surface area contributed by atoms with Crippen molar-refractivity contribution >= 4 is 5.82 Å². The topological polar surface area (TPSA) is 73.1 Å². The zero-order chi connectivity index (χ0) is 12.5. The predicted molar refractivity (Wildman–Crippen MR) is 66.4 cm³/mol. The van der Waals surface area contributed by atoms with Gasteiger partial charge >= 0.3 is 0 Å². The molecule has 17 heavy (non-hydrogen) atoms. The van der Waals surface area contributed by atoms with Gasteiger partial charge in [0.25, 0.3) is 0 Å². The lowest BCUT2D eigenvalue weighted by molar-refractivity contribution is 0.109. The fraction of sp³-hybridized carbons (Fsp3) is 0.667. The van der Waals surface area contributed by atoms with Crippen molar-refractivity contribution < 1.29 is 4.74 Å². The van der Waals surface area contributed by atoms with Crippen molar-refractivity contribution in [2.75, 3.05) is 12.0 Å². The van der Waals surface area contributed by atoms with E-state index in [4.69, 9.17) is 10.6 Å². The van der Waals surface area contributed by atoms with E-state index in [0.29, 0.717) is 12.4 Å². The van der Waals surface area contributed by atoms with E-state index in [2.05, 4.69) is 36.2 Å². The molecule has 0 bridgehead atoms. The number of hydrogen-bond acceptors (Lipinski definition) is 5. The SMILES string of the molecule is CC(C)(C)Cc1nc2c(c(NN)n1)COCC2. The van der Waals surface area contributed by atoms with Crippen molar-refractivity contribution in [3.8, 4) is 0 Å². The van der Waals surface area contributed by atoms with Crippen molar-refractivity contribution in [3.63, 3.8) is 0 Å². The highest BCUT2D eigenvalue weighted by Crippen LogP contribution is 2.24. The minimum atomic E-state index is 0.172. The van der Waals surface area contributed by atoms with Crippen molar-refractivity contribution in [2.45, 2.75) is 40.2 Å². The van der Waals surface area contributed by atoms with Crippen LogP contribution in [0.15, 0.2) is 0 Å². The first-order valence-corrected chi connectivity index (χ1v) is 5.92. The van der Waals surface area contributed by atoms with Crippen molar-refractivity contribution in [1.82, 2.24) is 9.97 Å². The zero-order valence-electron chi connectivity index (χ0n) is 10.7. The Labute approximate surface area is 102 Å². The van der Waals surface area contributed by atoms with Gasteiger partial charge in [0.2, 0.25) is 0 Å². The van der Waals surface area contributed by atoms with Crippen molar-refractivity contribution in [3.05, 3.63) is 17.1 Å². The molecule has 0 unspecified atom stereocenters. The molecule has 0 aromatic carbocycles. The summed E-state index contributed by atoms with van der Waals surface area (Å²) < 4.78 is 5.40. The Kier molecular flexibility index (Phi) is 3.31. The lowest BCUT2D eigenvalue weighted by atomic mass is 9.92. The maximum Gasteiger partial charge on any atom is 0.149 e. The maximum atomic E-state index is 5.51. The number of ether oxygens (including phenoxy) is 1. The van der Waals surface area contributed by atoms with E-state index in [1.54, 1.807) is 0 Å². The first-order chi connectivity index (χ1) is 7.99. The Morgan fingerprint density at radius 2 is 2.12 bits per heavy atom. The number of nitrogen functional groups attached to an aromatic ring is 1. The second kappa shape index (κ2) is 4.58.